The van der Waals surface area contributed by atoms with Crippen LogP contribution in [-0.2, 0) is 11.2 Å². The minimum absolute atomic E-state index is 0.193. The maximum absolute atomic E-state index is 13.1. The average molecular weight is 229 g/mol. The third kappa shape index (κ3) is 3.12. The zero-order valence-corrected chi connectivity index (χ0v) is 8.56. The molecule has 0 aliphatic carbocycles. The zero-order chi connectivity index (χ0) is 12.3. The van der Waals surface area contributed by atoms with Crippen LogP contribution in [0.15, 0.2) is 23.9 Å². The molecule has 2 nitrogen and oxygen atoms in total. The number of ketones is 1. The van der Waals surface area contributed by atoms with E-state index in [1.54, 1.807) is 0 Å². The van der Waals surface area contributed by atoms with Crippen LogP contribution < -0.4 is 5.73 Å². The van der Waals surface area contributed by atoms with Gasteiger partial charge in [0.1, 0.15) is 5.82 Å². The summed E-state index contributed by atoms with van der Waals surface area (Å²) in [6.45, 7) is 1.50. The summed E-state index contributed by atoms with van der Waals surface area (Å²) in [7, 11) is 0. The lowest BCUT2D eigenvalue weighted by atomic mass is 10.1. The summed E-state index contributed by atoms with van der Waals surface area (Å²) in [5.74, 6) is -3.88. The molecule has 0 heterocycles. The number of carbonyl (C=O) groups excluding carboxylic acids is 1. The van der Waals surface area contributed by atoms with Crippen molar-refractivity contribution in [1.82, 2.24) is 0 Å². The van der Waals surface area contributed by atoms with Crippen LogP contribution >= 0.6 is 0 Å². The highest BCUT2D eigenvalue weighted by Gasteiger charge is 2.11. The van der Waals surface area contributed by atoms with Gasteiger partial charge in [0.2, 0.25) is 0 Å². The van der Waals surface area contributed by atoms with Gasteiger partial charge in [-0.2, -0.15) is 0 Å². The largest absolute Gasteiger partial charge is 0.402 e. The number of rotatable bonds is 3. The minimum Gasteiger partial charge on any atom is -0.402 e. The lowest BCUT2D eigenvalue weighted by Gasteiger charge is -2.02. The summed E-state index contributed by atoms with van der Waals surface area (Å²) in [6.07, 6.45) is 0.762. The Morgan fingerprint density at radius 3 is 2.38 bits per heavy atom. The maximum Gasteiger partial charge on any atom is 0.161 e. The first-order valence-electron chi connectivity index (χ1n) is 4.50. The number of nitrogens with two attached hydrogens (primary N) is 1. The molecule has 0 radical (unpaired) electrons. The van der Waals surface area contributed by atoms with Crippen molar-refractivity contribution < 1.29 is 18.0 Å². The minimum atomic E-state index is -1.28. The molecule has 0 saturated carbocycles. The Kier molecular flexibility index (Phi) is 3.71. The molecule has 0 fully saturated rings. The second kappa shape index (κ2) is 4.83. The van der Waals surface area contributed by atoms with Gasteiger partial charge in [-0.15, -0.1) is 0 Å². The standard InChI is InChI=1S/C11H10F3NO/c1-6(15)2-8(16)3-7-4-10(13)11(14)5-9(7)12/h2,4-5H,3,15H2,1H3/b6-2-. The second-order valence-corrected chi connectivity index (χ2v) is 3.39. The highest BCUT2D eigenvalue weighted by Crippen LogP contribution is 2.14. The van der Waals surface area contributed by atoms with E-state index in [1.165, 1.54) is 6.92 Å². The third-order valence-corrected chi connectivity index (χ3v) is 1.84. The average Bonchev–Trinajstić information content (AvgIpc) is 2.12. The van der Waals surface area contributed by atoms with Crippen molar-refractivity contribution >= 4 is 5.78 Å². The molecule has 16 heavy (non-hydrogen) atoms. The van der Waals surface area contributed by atoms with Gasteiger partial charge in [0.05, 0.1) is 0 Å². The number of carbonyl (C=O) groups is 1. The fraction of sp³-hybridized carbons (Fsp3) is 0.182. The predicted molar refractivity (Wildman–Crippen MR) is 53.0 cm³/mol. The zero-order valence-electron chi connectivity index (χ0n) is 8.56. The van der Waals surface area contributed by atoms with Gasteiger partial charge < -0.3 is 5.73 Å². The molecular formula is C11H10F3NO. The van der Waals surface area contributed by atoms with Crippen LogP contribution in [-0.4, -0.2) is 5.78 Å². The van der Waals surface area contributed by atoms with Crippen molar-refractivity contribution in [1.29, 1.82) is 0 Å². The quantitative estimate of drug-likeness (QED) is 0.637. The van der Waals surface area contributed by atoms with Crippen LogP contribution in [0.1, 0.15) is 12.5 Å². The third-order valence-electron chi connectivity index (χ3n) is 1.84. The first-order valence-corrected chi connectivity index (χ1v) is 4.50. The molecule has 1 aromatic carbocycles. The van der Waals surface area contributed by atoms with E-state index >= 15 is 0 Å². The lowest BCUT2D eigenvalue weighted by Crippen LogP contribution is -2.05. The molecule has 2 N–H and O–H groups in total. The fourth-order valence-electron chi connectivity index (χ4n) is 1.19. The smallest absolute Gasteiger partial charge is 0.161 e. The molecule has 86 valence electrons. The van der Waals surface area contributed by atoms with Crippen molar-refractivity contribution in [2.24, 2.45) is 5.73 Å². The van der Waals surface area contributed by atoms with Gasteiger partial charge in [0.15, 0.2) is 17.4 Å². The van der Waals surface area contributed by atoms with E-state index in [1.807, 2.05) is 0 Å². The molecule has 0 unspecified atom stereocenters. The van der Waals surface area contributed by atoms with Gasteiger partial charge in [0, 0.05) is 18.2 Å². The monoisotopic (exact) mass is 229 g/mol. The first kappa shape index (κ1) is 12.3. The SMILES string of the molecule is C/C(N)=C/C(=O)Cc1cc(F)c(F)cc1F. The molecule has 0 spiro atoms. The van der Waals surface area contributed by atoms with Gasteiger partial charge >= 0.3 is 0 Å². The Balaban J connectivity index is 2.94. The van der Waals surface area contributed by atoms with E-state index in [0.717, 1.165) is 6.08 Å². The summed E-state index contributed by atoms with van der Waals surface area (Å²) in [5, 5.41) is 0. The summed E-state index contributed by atoms with van der Waals surface area (Å²) in [4.78, 5) is 11.2. The Bertz CT molecular complexity index is 451. The molecular weight excluding hydrogens is 219 g/mol. The van der Waals surface area contributed by atoms with Crippen LogP contribution in [0, 0.1) is 17.5 Å². The highest BCUT2D eigenvalue weighted by atomic mass is 19.2. The molecule has 0 atom stereocenters. The molecule has 0 aromatic heterocycles. The van der Waals surface area contributed by atoms with E-state index in [9.17, 15) is 18.0 Å². The van der Waals surface area contributed by atoms with E-state index in [2.05, 4.69) is 0 Å². The van der Waals surface area contributed by atoms with Crippen LogP contribution in [0.25, 0.3) is 0 Å². The fourth-order valence-corrected chi connectivity index (χ4v) is 1.19. The van der Waals surface area contributed by atoms with Crippen LogP contribution in [0.3, 0.4) is 0 Å². The number of hydrogen-bond donors (Lipinski definition) is 1. The summed E-state index contributed by atoms with van der Waals surface area (Å²) in [6, 6.07) is 1.08. The van der Waals surface area contributed by atoms with E-state index in [-0.39, 0.29) is 17.7 Å². The van der Waals surface area contributed by atoms with Gasteiger partial charge in [-0.25, -0.2) is 13.2 Å². The molecule has 1 rings (SSSR count). The topological polar surface area (TPSA) is 43.1 Å². The van der Waals surface area contributed by atoms with Gasteiger partial charge in [0.25, 0.3) is 0 Å². The first-order chi connectivity index (χ1) is 7.40. The van der Waals surface area contributed by atoms with E-state index in [0.29, 0.717) is 12.1 Å². The number of halogens is 3. The highest BCUT2D eigenvalue weighted by molar-refractivity contribution is 5.91. The predicted octanol–water partition coefficient (Wildman–Crippen LogP) is 2.08. The molecule has 0 bridgehead atoms. The normalized spacial score (nSPS) is 11.6. The van der Waals surface area contributed by atoms with Crippen LogP contribution in [0.4, 0.5) is 13.2 Å². The van der Waals surface area contributed by atoms with Gasteiger partial charge in [-0.1, -0.05) is 0 Å². The summed E-state index contributed by atoms with van der Waals surface area (Å²) < 4.78 is 38.5. The maximum atomic E-state index is 13.1. The van der Waals surface area contributed by atoms with Crippen LogP contribution in [0.5, 0.6) is 0 Å². The van der Waals surface area contributed by atoms with Gasteiger partial charge in [-0.3, -0.25) is 4.79 Å². The van der Waals surface area contributed by atoms with Crippen molar-refractivity contribution in [2.75, 3.05) is 0 Å². The Morgan fingerprint density at radius 1 is 1.25 bits per heavy atom. The molecule has 1 aromatic rings. The Hall–Kier alpha value is -1.78. The second-order valence-electron chi connectivity index (χ2n) is 3.39. The lowest BCUT2D eigenvalue weighted by molar-refractivity contribution is -0.114. The van der Waals surface area contributed by atoms with Crippen molar-refractivity contribution in [3.63, 3.8) is 0 Å². The molecule has 0 aliphatic rings. The summed E-state index contributed by atoms with van der Waals surface area (Å²) >= 11 is 0. The number of benzene rings is 1. The molecule has 0 saturated heterocycles. The Morgan fingerprint density at radius 2 is 1.81 bits per heavy atom. The number of allylic oxidation sites excluding steroid dienone is 2. The molecule has 0 amide bonds. The van der Waals surface area contributed by atoms with Crippen molar-refractivity contribution in [3.05, 3.63) is 46.9 Å². The van der Waals surface area contributed by atoms with Crippen LogP contribution in [0.2, 0.25) is 0 Å². The van der Waals surface area contributed by atoms with E-state index < -0.39 is 23.2 Å². The Labute approximate surface area is 90.6 Å². The molecule has 0 aliphatic heterocycles. The molecule has 5 heteroatoms. The summed E-state index contributed by atoms with van der Waals surface area (Å²) in [5.41, 5.74) is 5.33. The van der Waals surface area contributed by atoms with Gasteiger partial charge in [-0.05, 0) is 24.6 Å². The van der Waals surface area contributed by atoms with Crippen molar-refractivity contribution in [2.45, 2.75) is 13.3 Å². The van der Waals surface area contributed by atoms with Crippen molar-refractivity contribution in [3.8, 4) is 0 Å². The van der Waals surface area contributed by atoms with E-state index in [4.69, 9.17) is 5.73 Å². The number of hydrogen-bond acceptors (Lipinski definition) is 2.